The number of hydrogen-bond acceptors (Lipinski definition) is 0. The number of nitrogens with zero attached hydrogens (tertiary/aromatic N) is 1. The summed E-state index contributed by atoms with van der Waals surface area (Å²) in [7, 11) is -5.91. The molecule has 35 heavy (non-hydrogen) atoms. The summed E-state index contributed by atoms with van der Waals surface area (Å²) >= 11 is 0. The quantitative estimate of drug-likeness (QED) is 0.0718. The minimum atomic E-state index is -10.7. The van der Waals surface area contributed by atoms with E-state index in [9.17, 15) is 25.2 Å². The molecule has 0 atom stereocenters. The Bertz CT molecular complexity index is 620. The van der Waals surface area contributed by atoms with Gasteiger partial charge in [-0.2, -0.15) is 0 Å². The van der Waals surface area contributed by atoms with E-state index < -0.39 is 7.81 Å². The standard InChI is InChI=1S/C27H50N.F6P/c1-4-5-6-7-8-9-10-11-12-13-14-15-16-17-18-22-25-28(2,3)26-27-23-20-19-21-24-27;1-7(2,3,4,5)6/h19-21,23-24H,4-18,22,25-26H2,1-3H3;/q+1;-1. The second-order valence-electron chi connectivity index (χ2n) is 10.6. The van der Waals surface area contributed by atoms with Gasteiger partial charge in [-0.1, -0.05) is 127 Å². The van der Waals surface area contributed by atoms with Gasteiger partial charge in [0.25, 0.3) is 0 Å². The minimum absolute atomic E-state index is 1.11. The molecule has 8 heteroatoms. The van der Waals surface area contributed by atoms with E-state index in [2.05, 4.69) is 51.4 Å². The van der Waals surface area contributed by atoms with Crippen molar-refractivity contribution in [3.8, 4) is 0 Å². The van der Waals surface area contributed by atoms with Crippen LogP contribution in [0, 0.1) is 0 Å². The molecule has 0 bridgehead atoms. The Morgan fingerprint density at radius 3 is 1.20 bits per heavy atom. The fraction of sp³-hybridized carbons (Fsp3) is 0.778. The van der Waals surface area contributed by atoms with Gasteiger partial charge >= 0.3 is 33.0 Å². The summed E-state index contributed by atoms with van der Waals surface area (Å²) < 4.78 is 60.3. The third-order valence-corrected chi connectivity index (χ3v) is 6.07. The van der Waals surface area contributed by atoms with Gasteiger partial charge in [0.15, 0.2) is 0 Å². The van der Waals surface area contributed by atoms with E-state index in [1.165, 1.54) is 115 Å². The molecule has 0 radical (unpaired) electrons. The van der Waals surface area contributed by atoms with Gasteiger partial charge in [-0.25, -0.2) is 0 Å². The molecule has 0 N–H and O–H groups in total. The van der Waals surface area contributed by atoms with Crippen LogP contribution in [0.3, 0.4) is 0 Å². The summed E-state index contributed by atoms with van der Waals surface area (Å²) in [6, 6.07) is 10.9. The molecule has 0 amide bonds. The zero-order chi connectivity index (χ0) is 26.7. The van der Waals surface area contributed by atoms with Crippen LogP contribution in [0.1, 0.15) is 115 Å². The molecule has 0 spiro atoms. The molecule has 0 aliphatic rings. The fourth-order valence-corrected chi connectivity index (χ4v) is 4.24. The fourth-order valence-electron chi connectivity index (χ4n) is 4.24. The van der Waals surface area contributed by atoms with Crippen molar-refractivity contribution in [2.24, 2.45) is 0 Å². The molecule has 0 aliphatic carbocycles. The molecule has 1 aromatic carbocycles. The van der Waals surface area contributed by atoms with Gasteiger partial charge in [0.05, 0.1) is 20.6 Å². The van der Waals surface area contributed by atoms with Crippen LogP contribution in [0.2, 0.25) is 0 Å². The van der Waals surface area contributed by atoms with E-state index in [0.717, 1.165) is 11.0 Å². The summed E-state index contributed by atoms with van der Waals surface area (Å²) in [5.74, 6) is 0. The third-order valence-electron chi connectivity index (χ3n) is 6.07. The molecule has 210 valence electrons. The molecule has 0 aromatic heterocycles. The van der Waals surface area contributed by atoms with E-state index in [1.807, 2.05) is 0 Å². The summed E-state index contributed by atoms with van der Waals surface area (Å²) in [4.78, 5) is 0. The maximum absolute atomic E-state index is 10.7. The van der Waals surface area contributed by atoms with E-state index in [0.29, 0.717) is 0 Å². The van der Waals surface area contributed by atoms with Crippen LogP contribution in [0.5, 0.6) is 0 Å². The molecule has 0 saturated heterocycles. The van der Waals surface area contributed by atoms with E-state index in [1.54, 1.807) is 0 Å². The zero-order valence-corrected chi connectivity index (χ0v) is 23.2. The Labute approximate surface area is 210 Å². The van der Waals surface area contributed by atoms with Gasteiger partial charge in [-0.3, -0.25) is 0 Å². The zero-order valence-electron chi connectivity index (χ0n) is 22.3. The summed E-state index contributed by atoms with van der Waals surface area (Å²) in [5, 5.41) is 0. The van der Waals surface area contributed by atoms with Gasteiger partial charge in [0, 0.05) is 5.56 Å². The SMILES string of the molecule is CCCCCCCCCCCCCCCCCC[N+](C)(C)Cc1ccccc1.F[P-](F)(F)(F)(F)F. The van der Waals surface area contributed by atoms with E-state index >= 15 is 0 Å². The molecule has 0 unspecified atom stereocenters. The van der Waals surface area contributed by atoms with Crippen molar-refractivity contribution in [1.82, 2.24) is 0 Å². The topological polar surface area (TPSA) is 0 Å². The number of unbranched alkanes of at least 4 members (excludes halogenated alkanes) is 15. The molecule has 1 rings (SSSR count). The Hall–Kier alpha value is -0.810. The monoisotopic (exact) mass is 533 g/mol. The van der Waals surface area contributed by atoms with Crippen LogP contribution < -0.4 is 0 Å². The van der Waals surface area contributed by atoms with Crippen molar-refractivity contribution >= 4 is 7.81 Å². The summed E-state index contributed by atoms with van der Waals surface area (Å²) in [6.07, 6.45) is 23.2. The Morgan fingerprint density at radius 1 is 0.543 bits per heavy atom. The van der Waals surface area contributed by atoms with E-state index in [4.69, 9.17) is 0 Å². The van der Waals surface area contributed by atoms with Gasteiger partial charge in [0.2, 0.25) is 0 Å². The Morgan fingerprint density at radius 2 is 0.857 bits per heavy atom. The van der Waals surface area contributed by atoms with Gasteiger partial charge in [0.1, 0.15) is 6.54 Å². The Kier molecular flexibility index (Phi) is 15.7. The molecule has 0 fully saturated rings. The molecular formula is C27H50F6NP. The summed E-state index contributed by atoms with van der Waals surface area (Å²) in [5.41, 5.74) is 1.46. The third kappa shape index (κ3) is 33.2. The van der Waals surface area contributed by atoms with Crippen LogP contribution in [-0.4, -0.2) is 25.1 Å². The van der Waals surface area contributed by atoms with Crippen LogP contribution >= 0.6 is 7.81 Å². The number of rotatable bonds is 19. The van der Waals surface area contributed by atoms with Crippen molar-refractivity contribution in [3.63, 3.8) is 0 Å². The molecule has 0 saturated carbocycles. The van der Waals surface area contributed by atoms with Crippen molar-refractivity contribution in [3.05, 3.63) is 35.9 Å². The van der Waals surface area contributed by atoms with Crippen LogP contribution in [0.4, 0.5) is 25.2 Å². The predicted octanol–water partition coefficient (Wildman–Crippen LogP) is 11.9. The average Bonchev–Trinajstić information content (AvgIpc) is 2.71. The van der Waals surface area contributed by atoms with E-state index in [-0.39, 0.29) is 0 Å². The van der Waals surface area contributed by atoms with Crippen molar-refractivity contribution < 1.29 is 29.7 Å². The first-order valence-electron chi connectivity index (χ1n) is 13.5. The summed E-state index contributed by atoms with van der Waals surface area (Å²) in [6.45, 7) is 4.75. The Balaban J connectivity index is 0.00000143. The van der Waals surface area contributed by atoms with Crippen molar-refractivity contribution in [1.29, 1.82) is 0 Å². The molecule has 1 nitrogen and oxygen atoms in total. The average molecular weight is 534 g/mol. The molecule has 1 aromatic rings. The molecule has 0 aliphatic heterocycles. The number of quaternary nitrogens is 1. The first kappa shape index (κ1) is 34.2. The second-order valence-corrected chi connectivity index (χ2v) is 12.5. The van der Waals surface area contributed by atoms with Crippen molar-refractivity contribution in [2.45, 2.75) is 116 Å². The van der Waals surface area contributed by atoms with Crippen LogP contribution in [0.25, 0.3) is 0 Å². The van der Waals surface area contributed by atoms with Gasteiger partial charge in [-0.15, -0.1) is 0 Å². The van der Waals surface area contributed by atoms with Crippen LogP contribution in [0.15, 0.2) is 30.3 Å². The van der Waals surface area contributed by atoms with Gasteiger partial charge < -0.3 is 4.48 Å². The normalized spacial score (nSPS) is 14.1. The molecule has 0 heterocycles. The number of hydrogen-bond donors (Lipinski definition) is 0. The van der Waals surface area contributed by atoms with Crippen molar-refractivity contribution in [2.75, 3.05) is 20.6 Å². The molecular weight excluding hydrogens is 483 g/mol. The number of benzene rings is 1. The van der Waals surface area contributed by atoms with Gasteiger partial charge in [-0.05, 0) is 12.8 Å². The maximum atomic E-state index is 9.87. The predicted molar refractivity (Wildman–Crippen MR) is 140 cm³/mol. The first-order valence-corrected chi connectivity index (χ1v) is 15.5. The first-order chi connectivity index (χ1) is 16.1. The van der Waals surface area contributed by atoms with Crippen LogP contribution in [-0.2, 0) is 6.54 Å². The second kappa shape index (κ2) is 16.1. The number of halogens is 6.